The van der Waals surface area contributed by atoms with Crippen molar-refractivity contribution in [2.24, 2.45) is 0 Å². The molecule has 2 aromatic rings. The third-order valence-corrected chi connectivity index (χ3v) is 3.37. The average molecular weight is 291 g/mol. The second-order valence-electron chi connectivity index (χ2n) is 5.36. The predicted octanol–water partition coefficient (Wildman–Crippen LogP) is 4.00. The van der Waals surface area contributed by atoms with Crippen molar-refractivity contribution in [2.45, 2.75) is 32.7 Å². The molecule has 2 rings (SSSR count). The lowest BCUT2D eigenvalue weighted by atomic mass is 10.1. The number of carbonyl (C=O) groups excluding carboxylic acids is 1. The monoisotopic (exact) mass is 291 g/mol. The Kier molecular flexibility index (Phi) is 5.80. The second-order valence-corrected chi connectivity index (χ2v) is 5.36. The van der Waals surface area contributed by atoms with E-state index in [-0.39, 0.29) is 11.9 Å². The zero-order valence-corrected chi connectivity index (χ0v) is 13.1. The van der Waals surface area contributed by atoms with Gasteiger partial charge in [0.05, 0.1) is 0 Å². The summed E-state index contributed by atoms with van der Waals surface area (Å²) in [6.07, 6.45) is 2.06. The van der Waals surface area contributed by atoms with Crippen LogP contribution in [0.4, 0.5) is 0 Å². The largest absolute Gasteiger partial charge is 0.350 e. The molecule has 2 heteroatoms. The van der Waals surface area contributed by atoms with Crippen LogP contribution in [0.2, 0.25) is 0 Å². The first-order valence-electron chi connectivity index (χ1n) is 7.67. The van der Waals surface area contributed by atoms with E-state index in [1.807, 2.05) is 61.5 Å². The van der Waals surface area contributed by atoms with Crippen molar-refractivity contribution in [1.82, 2.24) is 5.32 Å². The first kappa shape index (κ1) is 15.9. The molecule has 0 aliphatic rings. The molecule has 1 atom stereocenters. The van der Waals surface area contributed by atoms with E-state index >= 15 is 0 Å². The molecular weight excluding hydrogens is 270 g/mol. The highest BCUT2D eigenvalue weighted by molar-refractivity contribution is 5.94. The summed E-state index contributed by atoms with van der Waals surface area (Å²) >= 11 is 0. The molecule has 0 fully saturated rings. The molecule has 0 saturated heterocycles. The van der Waals surface area contributed by atoms with Gasteiger partial charge >= 0.3 is 0 Å². The van der Waals surface area contributed by atoms with E-state index in [2.05, 4.69) is 24.1 Å². The Morgan fingerprint density at radius 3 is 2.18 bits per heavy atom. The van der Waals surface area contributed by atoms with Crippen LogP contribution in [0.25, 0.3) is 0 Å². The number of hydrogen-bond acceptors (Lipinski definition) is 1. The molecule has 1 unspecified atom stereocenters. The summed E-state index contributed by atoms with van der Waals surface area (Å²) in [6.45, 7) is 4.14. The van der Waals surface area contributed by atoms with Gasteiger partial charge in [0.25, 0.3) is 5.91 Å². The minimum Gasteiger partial charge on any atom is -0.350 e. The first-order chi connectivity index (χ1) is 10.7. The molecule has 2 aromatic carbocycles. The number of carbonyl (C=O) groups is 1. The number of nitrogens with one attached hydrogen (secondary N) is 1. The molecule has 0 bridgehead atoms. The SMILES string of the molecule is CCCC(C)NC(=O)c1ccc(C#Cc2ccccc2)cc1. The number of amides is 1. The zero-order valence-electron chi connectivity index (χ0n) is 13.1. The van der Waals surface area contributed by atoms with E-state index in [4.69, 9.17) is 0 Å². The van der Waals surface area contributed by atoms with E-state index in [1.165, 1.54) is 0 Å². The van der Waals surface area contributed by atoms with Crippen molar-refractivity contribution in [3.63, 3.8) is 0 Å². The van der Waals surface area contributed by atoms with Crippen LogP contribution in [0.15, 0.2) is 54.6 Å². The lowest BCUT2D eigenvalue weighted by Crippen LogP contribution is -2.32. The van der Waals surface area contributed by atoms with Crippen molar-refractivity contribution >= 4 is 5.91 Å². The summed E-state index contributed by atoms with van der Waals surface area (Å²) in [6, 6.07) is 17.5. The van der Waals surface area contributed by atoms with E-state index in [0.717, 1.165) is 24.0 Å². The fraction of sp³-hybridized carbons (Fsp3) is 0.250. The molecule has 0 radical (unpaired) electrons. The minimum absolute atomic E-state index is 0.0245. The molecule has 22 heavy (non-hydrogen) atoms. The maximum absolute atomic E-state index is 12.1. The summed E-state index contributed by atoms with van der Waals surface area (Å²) < 4.78 is 0. The maximum Gasteiger partial charge on any atom is 0.251 e. The Bertz CT molecular complexity index is 662. The fourth-order valence-electron chi connectivity index (χ4n) is 2.18. The first-order valence-corrected chi connectivity index (χ1v) is 7.67. The van der Waals surface area contributed by atoms with Gasteiger partial charge < -0.3 is 5.32 Å². The minimum atomic E-state index is -0.0245. The van der Waals surface area contributed by atoms with Gasteiger partial charge in [0.15, 0.2) is 0 Å². The lowest BCUT2D eigenvalue weighted by molar-refractivity contribution is 0.0938. The van der Waals surface area contributed by atoms with Gasteiger partial charge in [-0.15, -0.1) is 0 Å². The third kappa shape index (κ3) is 4.79. The number of benzene rings is 2. The maximum atomic E-state index is 12.1. The Hall–Kier alpha value is -2.53. The average Bonchev–Trinajstić information content (AvgIpc) is 2.54. The highest BCUT2D eigenvalue weighted by Crippen LogP contribution is 2.05. The molecule has 0 spiro atoms. The summed E-state index contributed by atoms with van der Waals surface area (Å²) in [4.78, 5) is 12.1. The molecule has 0 saturated carbocycles. The third-order valence-electron chi connectivity index (χ3n) is 3.37. The molecule has 112 valence electrons. The van der Waals surface area contributed by atoms with Crippen molar-refractivity contribution in [2.75, 3.05) is 0 Å². The molecule has 0 heterocycles. The van der Waals surface area contributed by atoms with Crippen LogP contribution in [-0.2, 0) is 0 Å². The van der Waals surface area contributed by atoms with Crippen LogP contribution in [0.5, 0.6) is 0 Å². The van der Waals surface area contributed by atoms with Crippen LogP contribution in [-0.4, -0.2) is 11.9 Å². The quantitative estimate of drug-likeness (QED) is 0.847. The van der Waals surface area contributed by atoms with Crippen LogP contribution < -0.4 is 5.32 Å². The van der Waals surface area contributed by atoms with E-state index in [0.29, 0.717) is 5.56 Å². The van der Waals surface area contributed by atoms with Crippen LogP contribution in [0.1, 0.15) is 48.2 Å². The van der Waals surface area contributed by atoms with E-state index in [9.17, 15) is 4.79 Å². The molecule has 1 amide bonds. The van der Waals surface area contributed by atoms with Gasteiger partial charge in [-0.3, -0.25) is 4.79 Å². The highest BCUT2D eigenvalue weighted by atomic mass is 16.1. The Morgan fingerprint density at radius 1 is 1.00 bits per heavy atom. The molecule has 0 aliphatic heterocycles. The molecular formula is C20H21NO. The molecule has 0 aliphatic carbocycles. The number of hydrogen-bond donors (Lipinski definition) is 1. The smallest absolute Gasteiger partial charge is 0.251 e. The van der Waals surface area contributed by atoms with Crippen molar-refractivity contribution in [1.29, 1.82) is 0 Å². The van der Waals surface area contributed by atoms with Gasteiger partial charge in [0.2, 0.25) is 0 Å². The van der Waals surface area contributed by atoms with Gasteiger partial charge in [-0.25, -0.2) is 0 Å². The van der Waals surface area contributed by atoms with E-state index in [1.54, 1.807) is 0 Å². The predicted molar refractivity (Wildman–Crippen MR) is 90.7 cm³/mol. The molecule has 0 aromatic heterocycles. The van der Waals surface area contributed by atoms with Gasteiger partial charge in [-0.05, 0) is 49.7 Å². The Labute approximate surface area is 132 Å². The summed E-state index contributed by atoms with van der Waals surface area (Å²) in [5.41, 5.74) is 2.56. The van der Waals surface area contributed by atoms with E-state index < -0.39 is 0 Å². The topological polar surface area (TPSA) is 29.1 Å². The highest BCUT2D eigenvalue weighted by Gasteiger charge is 2.08. The molecule has 2 nitrogen and oxygen atoms in total. The molecule has 1 N–H and O–H groups in total. The normalized spacial score (nSPS) is 11.2. The van der Waals surface area contributed by atoms with Gasteiger partial charge in [0.1, 0.15) is 0 Å². The lowest BCUT2D eigenvalue weighted by Gasteiger charge is -2.12. The fourth-order valence-corrected chi connectivity index (χ4v) is 2.18. The van der Waals surface area contributed by atoms with Crippen molar-refractivity contribution < 1.29 is 4.79 Å². The van der Waals surface area contributed by atoms with Gasteiger partial charge in [-0.2, -0.15) is 0 Å². The summed E-state index contributed by atoms with van der Waals surface area (Å²) in [7, 11) is 0. The Balaban J connectivity index is 2.01. The Morgan fingerprint density at radius 2 is 1.59 bits per heavy atom. The van der Waals surface area contributed by atoms with Gasteiger partial charge in [0, 0.05) is 22.7 Å². The summed E-state index contributed by atoms with van der Waals surface area (Å²) in [5, 5.41) is 3.00. The van der Waals surface area contributed by atoms with Crippen molar-refractivity contribution in [3.05, 3.63) is 71.3 Å². The van der Waals surface area contributed by atoms with Gasteiger partial charge in [-0.1, -0.05) is 43.4 Å². The second kappa shape index (κ2) is 8.05. The van der Waals surface area contributed by atoms with Crippen LogP contribution >= 0.6 is 0 Å². The number of rotatable bonds is 4. The van der Waals surface area contributed by atoms with Crippen LogP contribution in [0.3, 0.4) is 0 Å². The zero-order chi connectivity index (χ0) is 15.8. The van der Waals surface area contributed by atoms with Crippen molar-refractivity contribution in [3.8, 4) is 11.8 Å². The standard InChI is InChI=1S/C20H21NO/c1-3-7-16(2)21-20(22)19-14-12-18(13-15-19)11-10-17-8-5-4-6-9-17/h4-6,8-9,12-16H,3,7H2,1-2H3,(H,21,22). The van der Waals surface area contributed by atoms with Crippen LogP contribution in [0, 0.1) is 11.8 Å². The summed E-state index contributed by atoms with van der Waals surface area (Å²) in [5.74, 6) is 6.19.